The highest BCUT2D eigenvalue weighted by Gasteiger charge is 2.29. The number of thiophene rings is 1. The lowest BCUT2D eigenvalue weighted by Crippen LogP contribution is -2.14. The molecule has 1 amide bonds. The van der Waals surface area contributed by atoms with Crippen LogP contribution in [0.3, 0.4) is 0 Å². The summed E-state index contributed by atoms with van der Waals surface area (Å²) in [4.78, 5) is 13.4. The van der Waals surface area contributed by atoms with E-state index in [2.05, 4.69) is 21.6 Å². The Hall–Kier alpha value is -1.90. The van der Waals surface area contributed by atoms with Crippen LogP contribution in [0.15, 0.2) is 9.64 Å². The zero-order valence-corrected chi connectivity index (χ0v) is 17.4. The molecule has 28 heavy (non-hydrogen) atoms. The molecule has 0 bridgehead atoms. The maximum Gasteiger partial charge on any atom is 0.277 e. The first-order valence-electron chi connectivity index (χ1n) is 8.93. The van der Waals surface area contributed by atoms with E-state index in [1.165, 1.54) is 16.2 Å². The van der Waals surface area contributed by atoms with Crippen molar-refractivity contribution in [1.29, 1.82) is 5.26 Å². The number of nitrogens with zero attached hydrogens (tertiary/aromatic N) is 3. The summed E-state index contributed by atoms with van der Waals surface area (Å²) in [6.07, 6.45) is 3.97. The molecule has 1 aliphatic heterocycles. The third kappa shape index (κ3) is 4.24. The van der Waals surface area contributed by atoms with Crippen LogP contribution in [0.5, 0.6) is 0 Å². The number of aryl methyl sites for hydroxylation is 1. The topological polar surface area (TPSA) is 126 Å². The SMILES string of the molecule is N#Cc1c(NC(=O)CSc2nnc(CC3CCS(=O)(=O)C3)o2)sc2c1CCC2. The van der Waals surface area contributed by atoms with Crippen molar-refractivity contribution in [2.75, 3.05) is 22.6 Å². The molecule has 11 heteroatoms. The molecule has 0 spiro atoms. The summed E-state index contributed by atoms with van der Waals surface area (Å²) in [5.41, 5.74) is 1.66. The third-order valence-electron chi connectivity index (χ3n) is 4.85. The first-order valence-corrected chi connectivity index (χ1v) is 12.6. The Morgan fingerprint density at radius 2 is 2.25 bits per heavy atom. The van der Waals surface area contributed by atoms with Gasteiger partial charge in [0.15, 0.2) is 9.84 Å². The van der Waals surface area contributed by atoms with Gasteiger partial charge in [0.05, 0.1) is 22.8 Å². The van der Waals surface area contributed by atoms with E-state index in [1.807, 2.05) is 0 Å². The molecule has 2 aromatic rings. The van der Waals surface area contributed by atoms with Crippen LogP contribution in [-0.4, -0.2) is 41.8 Å². The van der Waals surface area contributed by atoms with E-state index in [9.17, 15) is 18.5 Å². The highest BCUT2D eigenvalue weighted by atomic mass is 32.2. The Kier molecular flexibility index (Phi) is 5.44. The van der Waals surface area contributed by atoms with E-state index in [-0.39, 0.29) is 34.3 Å². The zero-order valence-electron chi connectivity index (χ0n) is 14.9. The monoisotopic (exact) mass is 438 g/mol. The summed E-state index contributed by atoms with van der Waals surface area (Å²) in [5, 5.41) is 20.9. The number of aromatic nitrogens is 2. The smallest absolute Gasteiger partial charge is 0.277 e. The number of anilines is 1. The lowest BCUT2D eigenvalue weighted by atomic mass is 10.1. The van der Waals surface area contributed by atoms with Crippen molar-refractivity contribution in [3.63, 3.8) is 0 Å². The van der Waals surface area contributed by atoms with Gasteiger partial charge in [0.25, 0.3) is 5.22 Å². The molecule has 1 aliphatic carbocycles. The summed E-state index contributed by atoms with van der Waals surface area (Å²) in [5.74, 6) is 0.634. The summed E-state index contributed by atoms with van der Waals surface area (Å²) in [6.45, 7) is 0. The second-order valence-corrected chi connectivity index (χ2v) is 11.2. The van der Waals surface area contributed by atoms with Gasteiger partial charge < -0.3 is 9.73 Å². The van der Waals surface area contributed by atoms with Gasteiger partial charge in [-0.2, -0.15) is 5.26 Å². The lowest BCUT2D eigenvalue weighted by Gasteiger charge is -2.03. The van der Waals surface area contributed by atoms with Crippen molar-refractivity contribution in [3.05, 3.63) is 21.9 Å². The van der Waals surface area contributed by atoms with E-state index in [0.717, 1.165) is 36.6 Å². The third-order valence-corrected chi connectivity index (χ3v) is 8.71. The summed E-state index contributed by atoms with van der Waals surface area (Å²) < 4.78 is 28.6. The predicted molar refractivity (Wildman–Crippen MR) is 105 cm³/mol. The second-order valence-electron chi connectivity index (χ2n) is 6.95. The molecule has 0 aromatic carbocycles. The van der Waals surface area contributed by atoms with Gasteiger partial charge in [-0.3, -0.25) is 4.79 Å². The number of nitrogens with one attached hydrogen (secondary N) is 1. The van der Waals surface area contributed by atoms with Gasteiger partial charge in [0.1, 0.15) is 11.1 Å². The van der Waals surface area contributed by atoms with Crippen LogP contribution in [0.25, 0.3) is 0 Å². The molecule has 1 atom stereocenters. The van der Waals surface area contributed by atoms with Crippen LogP contribution in [0.2, 0.25) is 0 Å². The van der Waals surface area contributed by atoms with Gasteiger partial charge in [-0.25, -0.2) is 8.42 Å². The Balaban J connectivity index is 1.30. The van der Waals surface area contributed by atoms with Crippen molar-refractivity contribution < 1.29 is 17.6 Å². The molecule has 0 saturated carbocycles. The Morgan fingerprint density at radius 1 is 1.39 bits per heavy atom. The fourth-order valence-corrected chi connectivity index (χ4v) is 7.26. The van der Waals surface area contributed by atoms with Gasteiger partial charge in [0, 0.05) is 11.3 Å². The summed E-state index contributed by atoms with van der Waals surface area (Å²) in [7, 11) is -2.93. The number of sulfone groups is 1. The predicted octanol–water partition coefficient (Wildman–Crippen LogP) is 2.20. The van der Waals surface area contributed by atoms with Crippen molar-refractivity contribution >= 4 is 43.8 Å². The molecular formula is C17H18N4O4S3. The summed E-state index contributed by atoms with van der Waals surface area (Å²) >= 11 is 2.60. The van der Waals surface area contributed by atoms with E-state index < -0.39 is 9.84 Å². The number of carbonyl (C=O) groups excluding carboxylic acids is 1. The van der Waals surface area contributed by atoms with Crippen molar-refractivity contribution in [2.24, 2.45) is 5.92 Å². The van der Waals surface area contributed by atoms with Gasteiger partial charge in [-0.15, -0.1) is 21.5 Å². The summed E-state index contributed by atoms with van der Waals surface area (Å²) in [6, 6.07) is 2.20. The minimum absolute atomic E-state index is 0.0109. The molecule has 2 aliphatic rings. The molecule has 1 fully saturated rings. The van der Waals surface area contributed by atoms with E-state index in [1.54, 1.807) is 0 Å². The fraction of sp³-hybridized carbons (Fsp3) is 0.529. The van der Waals surface area contributed by atoms with E-state index in [4.69, 9.17) is 4.42 Å². The molecule has 4 rings (SSSR count). The zero-order chi connectivity index (χ0) is 19.7. The van der Waals surface area contributed by atoms with Gasteiger partial charge >= 0.3 is 0 Å². The largest absolute Gasteiger partial charge is 0.416 e. The Morgan fingerprint density at radius 3 is 3.00 bits per heavy atom. The van der Waals surface area contributed by atoms with Gasteiger partial charge in [-0.05, 0) is 37.2 Å². The van der Waals surface area contributed by atoms with Crippen LogP contribution < -0.4 is 5.32 Å². The van der Waals surface area contributed by atoms with Gasteiger partial charge in [0.2, 0.25) is 11.8 Å². The molecule has 0 radical (unpaired) electrons. The number of nitriles is 1. The molecule has 3 heterocycles. The number of carbonyl (C=O) groups is 1. The average molecular weight is 439 g/mol. The van der Waals surface area contributed by atoms with Crippen molar-refractivity contribution in [2.45, 2.75) is 37.3 Å². The number of rotatable bonds is 6. The molecular weight excluding hydrogens is 420 g/mol. The van der Waals surface area contributed by atoms with Crippen LogP contribution in [-0.2, 0) is 33.9 Å². The molecule has 8 nitrogen and oxygen atoms in total. The van der Waals surface area contributed by atoms with Crippen LogP contribution >= 0.6 is 23.1 Å². The molecule has 1 N–H and O–H groups in total. The molecule has 1 saturated heterocycles. The Bertz CT molecular complexity index is 1050. The van der Waals surface area contributed by atoms with Crippen molar-refractivity contribution in [3.8, 4) is 6.07 Å². The number of hydrogen-bond acceptors (Lipinski definition) is 9. The maximum absolute atomic E-state index is 12.2. The number of thioether (sulfide) groups is 1. The van der Waals surface area contributed by atoms with Gasteiger partial charge in [-0.1, -0.05) is 11.8 Å². The van der Waals surface area contributed by atoms with Crippen molar-refractivity contribution in [1.82, 2.24) is 10.2 Å². The number of hydrogen-bond donors (Lipinski definition) is 1. The number of fused-ring (bicyclic) bond motifs is 1. The van der Waals surface area contributed by atoms with E-state index >= 15 is 0 Å². The average Bonchev–Trinajstić information content (AvgIpc) is 3.38. The van der Waals surface area contributed by atoms with E-state index in [0.29, 0.717) is 29.3 Å². The normalized spacial score (nSPS) is 20.0. The maximum atomic E-state index is 12.2. The quantitative estimate of drug-likeness (QED) is 0.680. The Labute approximate surface area is 170 Å². The molecule has 2 aromatic heterocycles. The first kappa shape index (κ1) is 19.4. The molecule has 148 valence electrons. The minimum atomic E-state index is -2.93. The highest BCUT2D eigenvalue weighted by molar-refractivity contribution is 7.99. The van der Waals surface area contributed by atoms with Crippen LogP contribution in [0.1, 0.15) is 34.7 Å². The highest BCUT2D eigenvalue weighted by Crippen LogP contribution is 2.38. The fourth-order valence-electron chi connectivity index (χ4n) is 3.56. The standard InChI is InChI=1S/C17H18N4O4S3/c18-7-12-11-2-1-3-13(11)27-16(12)19-14(22)8-26-17-21-20-15(25-17)6-10-4-5-28(23,24)9-10/h10H,1-6,8-9H2,(H,19,22). The number of amides is 1. The minimum Gasteiger partial charge on any atom is -0.416 e. The van der Waals surface area contributed by atoms with Crippen LogP contribution in [0.4, 0.5) is 5.00 Å². The molecule has 1 unspecified atom stereocenters. The lowest BCUT2D eigenvalue weighted by molar-refractivity contribution is -0.113. The first-order chi connectivity index (χ1) is 13.4. The second kappa shape index (κ2) is 7.85. The van der Waals surface area contributed by atoms with Crippen LogP contribution in [0, 0.1) is 17.2 Å².